The van der Waals surface area contributed by atoms with Crippen LogP contribution in [-0.4, -0.2) is 59.6 Å². The lowest BCUT2D eigenvalue weighted by Gasteiger charge is -2.23. The van der Waals surface area contributed by atoms with E-state index in [0.29, 0.717) is 45.1 Å². The predicted octanol–water partition coefficient (Wildman–Crippen LogP) is 6.47. The van der Waals surface area contributed by atoms with E-state index in [9.17, 15) is 35.2 Å². The molecule has 0 amide bonds. The third-order valence-electron chi connectivity index (χ3n) is 7.42. The molecule has 2 saturated heterocycles. The summed E-state index contributed by atoms with van der Waals surface area (Å²) in [6.45, 7) is 1.55. The molecule has 0 spiro atoms. The molecule has 3 aromatic rings. The van der Waals surface area contributed by atoms with Crippen molar-refractivity contribution in [2.75, 3.05) is 18.0 Å². The molecular formula is C27H26ClF5N4O3S2. The molecule has 226 valence electrons. The van der Waals surface area contributed by atoms with E-state index in [4.69, 9.17) is 11.6 Å². The van der Waals surface area contributed by atoms with Gasteiger partial charge in [-0.05, 0) is 56.5 Å². The van der Waals surface area contributed by atoms with Crippen molar-refractivity contribution in [2.45, 2.75) is 67.4 Å². The summed E-state index contributed by atoms with van der Waals surface area (Å²) in [5.41, 5.74) is 0.332. The van der Waals surface area contributed by atoms with Crippen LogP contribution in [0.3, 0.4) is 0 Å². The van der Waals surface area contributed by atoms with Gasteiger partial charge in [0, 0.05) is 36.7 Å². The third-order valence-corrected chi connectivity index (χ3v) is 11.0. The largest absolute Gasteiger partial charge is 0.416 e. The summed E-state index contributed by atoms with van der Waals surface area (Å²) in [5.74, 6) is -3.73. The Hall–Kier alpha value is -2.68. The number of ketones is 1. The van der Waals surface area contributed by atoms with Crippen molar-refractivity contribution >= 4 is 44.7 Å². The molecule has 15 heteroatoms. The SMILES string of the molecule is CC1CCCN1c1nc(CCC(=O)[C@@H]2CC(F)(F)CN2S(=O)(=O)c2ccc(Cl)s2)cc(-c2ccc(C(F)(F)F)cc2)n1. The Morgan fingerprint density at radius 1 is 1.14 bits per heavy atom. The normalized spacial score (nSPS) is 21.3. The second kappa shape index (κ2) is 11.4. The van der Waals surface area contributed by atoms with Gasteiger partial charge in [0.15, 0.2) is 5.78 Å². The Bertz CT molecular complexity index is 1580. The molecule has 4 heterocycles. The van der Waals surface area contributed by atoms with Crippen LogP contribution in [0.2, 0.25) is 4.34 Å². The molecule has 1 aromatic carbocycles. The van der Waals surface area contributed by atoms with E-state index in [0.717, 1.165) is 25.0 Å². The van der Waals surface area contributed by atoms with Gasteiger partial charge in [0.1, 0.15) is 4.21 Å². The lowest BCUT2D eigenvalue weighted by molar-refractivity contribution is -0.137. The molecule has 0 radical (unpaired) electrons. The van der Waals surface area contributed by atoms with Gasteiger partial charge in [0.05, 0.1) is 28.2 Å². The number of benzene rings is 1. The summed E-state index contributed by atoms with van der Waals surface area (Å²) in [6, 6.07) is 7.16. The van der Waals surface area contributed by atoms with Gasteiger partial charge in [0.25, 0.3) is 15.9 Å². The number of nitrogens with zero attached hydrogens (tertiary/aromatic N) is 4. The Kier molecular flexibility index (Phi) is 8.38. The maximum atomic E-state index is 14.4. The van der Waals surface area contributed by atoms with Crippen LogP contribution < -0.4 is 4.90 Å². The molecule has 0 bridgehead atoms. The molecular weight excluding hydrogens is 623 g/mol. The second-order valence-electron chi connectivity index (χ2n) is 10.5. The highest BCUT2D eigenvalue weighted by Crippen LogP contribution is 2.39. The fourth-order valence-electron chi connectivity index (χ4n) is 5.23. The first-order valence-corrected chi connectivity index (χ1v) is 15.8. The maximum Gasteiger partial charge on any atom is 0.416 e. The lowest BCUT2D eigenvalue weighted by Crippen LogP contribution is -2.40. The number of sulfonamides is 1. The van der Waals surface area contributed by atoms with Gasteiger partial charge in [-0.2, -0.15) is 17.5 Å². The fraction of sp³-hybridized carbons (Fsp3) is 0.444. The Morgan fingerprint density at radius 2 is 1.86 bits per heavy atom. The van der Waals surface area contributed by atoms with Gasteiger partial charge in [-0.15, -0.1) is 11.3 Å². The highest BCUT2D eigenvalue weighted by molar-refractivity contribution is 7.91. The van der Waals surface area contributed by atoms with E-state index < -0.39 is 52.5 Å². The van der Waals surface area contributed by atoms with Crippen LogP contribution in [-0.2, 0) is 27.4 Å². The van der Waals surface area contributed by atoms with Crippen LogP contribution in [0, 0.1) is 0 Å². The number of halogens is 6. The van der Waals surface area contributed by atoms with Gasteiger partial charge in [0.2, 0.25) is 5.95 Å². The first kappa shape index (κ1) is 30.8. The average Bonchev–Trinajstić information content (AvgIpc) is 3.65. The molecule has 7 nitrogen and oxygen atoms in total. The van der Waals surface area contributed by atoms with Gasteiger partial charge >= 0.3 is 6.18 Å². The van der Waals surface area contributed by atoms with Crippen LogP contribution in [0.25, 0.3) is 11.3 Å². The van der Waals surface area contributed by atoms with E-state index in [2.05, 4.69) is 9.97 Å². The van der Waals surface area contributed by atoms with E-state index in [-0.39, 0.29) is 27.4 Å². The number of rotatable bonds is 8. The zero-order chi connectivity index (χ0) is 30.4. The topological polar surface area (TPSA) is 83.5 Å². The number of aromatic nitrogens is 2. The summed E-state index contributed by atoms with van der Waals surface area (Å²) < 4.78 is 94.9. The molecule has 2 atom stereocenters. The highest BCUT2D eigenvalue weighted by atomic mass is 35.5. The van der Waals surface area contributed by atoms with Crippen molar-refractivity contribution in [2.24, 2.45) is 0 Å². The number of carbonyl (C=O) groups excluding carboxylic acids is 1. The van der Waals surface area contributed by atoms with Crippen LogP contribution in [0.15, 0.2) is 46.7 Å². The highest BCUT2D eigenvalue weighted by Gasteiger charge is 2.52. The minimum atomic E-state index is -4.50. The Labute approximate surface area is 248 Å². The van der Waals surface area contributed by atoms with Crippen LogP contribution in [0.5, 0.6) is 0 Å². The van der Waals surface area contributed by atoms with Crippen LogP contribution >= 0.6 is 22.9 Å². The number of carbonyl (C=O) groups is 1. The minimum absolute atomic E-state index is 0.00893. The van der Waals surface area contributed by atoms with Crippen molar-refractivity contribution in [3.05, 3.63) is 58.1 Å². The molecule has 2 aromatic heterocycles. The molecule has 5 rings (SSSR count). The van der Waals surface area contributed by atoms with Crippen molar-refractivity contribution in [3.8, 4) is 11.3 Å². The molecule has 0 aliphatic carbocycles. The quantitative estimate of drug-likeness (QED) is 0.261. The van der Waals surface area contributed by atoms with E-state index in [1.165, 1.54) is 24.3 Å². The molecule has 0 N–H and O–H groups in total. The summed E-state index contributed by atoms with van der Waals surface area (Å²) in [5, 5.41) is 0. The molecule has 0 saturated carbocycles. The summed E-state index contributed by atoms with van der Waals surface area (Å²) in [7, 11) is -4.39. The van der Waals surface area contributed by atoms with Crippen LogP contribution in [0.1, 0.15) is 43.9 Å². The minimum Gasteiger partial charge on any atom is -0.338 e. The smallest absolute Gasteiger partial charge is 0.338 e. The summed E-state index contributed by atoms with van der Waals surface area (Å²) >= 11 is 6.57. The van der Waals surface area contributed by atoms with Crippen molar-refractivity contribution in [3.63, 3.8) is 0 Å². The second-order valence-corrected chi connectivity index (χ2v) is 14.3. The van der Waals surface area contributed by atoms with Crippen molar-refractivity contribution in [1.82, 2.24) is 14.3 Å². The zero-order valence-electron chi connectivity index (χ0n) is 22.2. The number of thiophene rings is 1. The third kappa shape index (κ3) is 6.46. The number of aryl methyl sites for hydroxylation is 1. The van der Waals surface area contributed by atoms with Crippen molar-refractivity contribution in [1.29, 1.82) is 0 Å². The monoisotopic (exact) mass is 648 g/mol. The van der Waals surface area contributed by atoms with E-state index in [1.807, 2.05) is 11.8 Å². The van der Waals surface area contributed by atoms with Crippen LogP contribution in [0.4, 0.5) is 27.9 Å². The number of anilines is 1. The fourth-order valence-corrected chi connectivity index (χ4v) is 8.48. The van der Waals surface area contributed by atoms with E-state index in [1.54, 1.807) is 6.07 Å². The number of alkyl halides is 5. The lowest BCUT2D eigenvalue weighted by atomic mass is 10.0. The van der Waals surface area contributed by atoms with Gasteiger partial charge < -0.3 is 4.90 Å². The number of hydrogen-bond acceptors (Lipinski definition) is 7. The van der Waals surface area contributed by atoms with Gasteiger partial charge in [-0.25, -0.2) is 27.2 Å². The van der Waals surface area contributed by atoms with Crippen molar-refractivity contribution < 1.29 is 35.2 Å². The number of Topliss-reactive ketones (excluding diaryl/α,β-unsaturated/α-hetero) is 1. The molecule has 2 aliphatic heterocycles. The standard InChI is InChI=1S/C27H26ClF5N4O3S2/c1-16-3-2-12-36(16)25-34-19(13-20(35-25)17-4-6-18(7-5-17)27(31,32)33)8-9-22(38)21-14-26(29,30)15-37(21)42(39,40)24-11-10-23(28)41-24/h4-7,10-11,13,16,21H,2-3,8-9,12,14-15H2,1H3/t16?,21-/m0/s1. The number of hydrogen-bond donors (Lipinski definition) is 0. The summed E-state index contributed by atoms with van der Waals surface area (Å²) in [6.07, 6.45) is -3.93. The molecule has 42 heavy (non-hydrogen) atoms. The molecule has 1 unspecified atom stereocenters. The zero-order valence-corrected chi connectivity index (χ0v) is 24.6. The summed E-state index contributed by atoms with van der Waals surface area (Å²) in [4.78, 5) is 24.4. The predicted molar refractivity (Wildman–Crippen MR) is 148 cm³/mol. The maximum absolute atomic E-state index is 14.4. The first-order valence-electron chi connectivity index (χ1n) is 13.1. The van der Waals surface area contributed by atoms with Gasteiger partial charge in [-0.1, -0.05) is 23.7 Å². The average molecular weight is 649 g/mol. The Morgan fingerprint density at radius 3 is 2.45 bits per heavy atom. The Balaban J connectivity index is 1.41. The molecule has 2 aliphatic rings. The van der Waals surface area contributed by atoms with E-state index >= 15 is 0 Å². The van der Waals surface area contributed by atoms with Gasteiger partial charge in [-0.3, -0.25) is 4.79 Å². The first-order chi connectivity index (χ1) is 19.6. The molecule has 2 fully saturated rings.